The SMILES string of the molecule is N#CN(Cc1ccccc1)[N+](=O)[O-]. The Labute approximate surface area is 74.9 Å². The van der Waals surface area contributed by atoms with Crippen LogP contribution in [-0.2, 0) is 6.54 Å². The highest BCUT2D eigenvalue weighted by molar-refractivity contribution is 5.14. The van der Waals surface area contributed by atoms with E-state index in [1.807, 2.05) is 6.07 Å². The van der Waals surface area contributed by atoms with Gasteiger partial charge in [-0.2, -0.15) is 5.26 Å². The maximum Gasteiger partial charge on any atom is 0.245 e. The van der Waals surface area contributed by atoms with Crippen molar-refractivity contribution in [3.05, 3.63) is 46.0 Å². The molecule has 0 aliphatic rings. The van der Waals surface area contributed by atoms with Crippen LogP contribution in [0, 0.1) is 21.6 Å². The van der Waals surface area contributed by atoms with E-state index in [0.717, 1.165) is 5.56 Å². The molecule has 66 valence electrons. The van der Waals surface area contributed by atoms with Crippen LogP contribution in [0.15, 0.2) is 30.3 Å². The van der Waals surface area contributed by atoms with E-state index in [-0.39, 0.29) is 6.54 Å². The van der Waals surface area contributed by atoms with Crippen molar-refractivity contribution in [1.29, 1.82) is 5.26 Å². The predicted octanol–water partition coefficient (Wildman–Crippen LogP) is 1.16. The lowest BCUT2D eigenvalue weighted by Crippen LogP contribution is -2.23. The second-order valence-corrected chi connectivity index (χ2v) is 2.38. The normalized spacial score (nSPS) is 8.85. The Morgan fingerprint density at radius 2 is 2.08 bits per heavy atom. The molecule has 0 atom stereocenters. The molecule has 0 heterocycles. The molecule has 5 nitrogen and oxygen atoms in total. The standard InChI is InChI=1S/C8H7N3O2/c9-7-10(11(12)13)6-8-4-2-1-3-5-8/h1-5H,6H2. The quantitative estimate of drug-likeness (QED) is 0.300. The fraction of sp³-hybridized carbons (Fsp3) is 0.125. The van der Waals surface area contributed by atoms with E-state index >= 15 is 0 Å². The molecule has 0 saturated carbocycles. The molecule has 13 heavy (non-hydrogen) atoms. The van der Waals surface area contributed by atoms with E-state index in [4.69, 9.17) is 5.26 Å². The van der Waals surface area contributed by atoms with Gasteiger partial charge in [-0.1, -0.05) is 30.3 Å². The Morgan fingerprint density at radius 3 is 2.54 bits per heavy atom. The maximum absolute atomic E-state index is 10.2. The zero-order chi connectivity index (χ0) is 9.68. The number of nitro groups is 1. The van der Waals surface area contributed by atoms with Gasteiger partial charge in [0.25, 0.3) is 0 Å². The van der Waals surface area contributed by atoms with Gasteiger partial charge in [-0.05, 0) is 10.6 Å². The van der Waals surface area contributed by atoms with Crippen LogP contribution in [0.4, 0.5) is 0 Å². The van der Waals surface area contributed by atoms with Crippen LogP contribution in [0.25, 0.3) is 0 Å². The first-order chi connectivity index (χ1) is 6.24. The van der Waals surface area contributed by atoms with E-state index in [9.17, 15) is 10.1 Å². The van der Waals surface area contributed by atoms with E-state index < -0.39 is 5.03 Å². The van der Waals surface area contributed by atoms with Crippen LogP contribution in [0.1, 0.15) is 5.56 Å². The Morgan fingerprint density at radius 1 is 1.46 bits per heavy atom. The molecule has 0 bridgehead atoms. The van der Waals surface area contributed by atoms with Crippen LogP contribution in [-0.4, -0.2) is 10.0 Å². The summed E-state index contributed by atoms with van der Waals surface area (Å²) in [7, 11) is 0. The molecule has 0 fully saturated rings. The minimum atomic E-state index is -0.729. The predicted molar refractivity (Wildman–Crippen MR) is 44.6 cm³/mol. The fourth-order valence-electron chi connectivity index (χ4n) is 0.886. The van der Waals surface area contributed by atoms with Crippen LogP contribution in [0.3, 0.4) is 0 Å². The third-order valence-electron chi connectivity index (χ3n) is 1.49. The number of rotatable bonds is 3. The van der Waals surface area contributed by atoms with Crippen molar-refractivity contribution in [1.82, 2.24) is 5.01 Å². The smallest absolute Gasteiger partial charge is 0.234 e. The van der Waals surface area contributed by atoms with E-state index in [0.29, 0.717) is 5.01 Å². The number of benzene rings is 1. The summed E-state index contributed by atoms with van der Waals surface area (Å²) >= 11 is 0. The molecule has 0 aliphatic carbocycles. The molecule has 0 aliphatic heterocycles. The summed E-state index contributed by atoms with van der Waals surface area (Å²) in [5.41, 5.74) is 0.737. The minimum absolute atomic E-state index is 0.00431. The van der Waals surface area contributed by atoms with Crippen molar-refractivity contribution in [2.24, 2.45) is 0 Å². The molecule has 1 aromatic rings. The molecule has 0 aromatic heterocycles. The number of nitrogens with zero attached hydrogens (tertiary/aromatic N) is 3. The number of hydrazine groups is 1. The van der Waals surface area contributed by atoms with Gasteiger partial charge in [-0.3, -0.25) is 0 Å². The molecule has 0 N–H and O–H groups in total. The summed E-state index contributed by atoms with van der Waals surface area (Å²) in [5.74, 6) is 0. The van der Waals surface area contributed by atoms with Gasteiger partial charge in [0.1, 0.15) is 6.54 Å². The lowest BCUT2D eigenvalue weighted by molar-refractivity contribution is -0.639. The van der Waals surface area contributed by atoms with Crippen LogP contribution >= 0.6 is 0 Å². The molecule has 0 spiro atoms. The molecule has 0 unspecified atom stereocenters. The number of nitriles is 1. The highest BCUT2D eigenvalue weighted by atomic mass is 16.7. The van der Waals surface area contributed by atoms with Gasteiger partial charge < -0.3 is 0 Å². The van der Waals surface area contributed by atoms with Crippen molar-refractivity contribution in [2.75, 3.05) is 0 Å². The zero-order valence-electron chi connectivity index (χ0n) is 6.75. The van der Waals surface area contributed by atoms with Crippen molar-refractivity contribution < 1.29 is 5.03 Å². The third kappa shape index (κ3) is 2.45. The summed E-state index contributed by atoms with van der Waals surface area (Å²) in [6.45, 7) is 0.00431. The molecule has 1 aromatic carbocycles. The van der Waals surface area contributed by atoms with Gasteiger partial charge >= 0.3 is 0 Å². The van der Waals surface area contributed by atoms with Gasteiger partial charge in [0.15, 0.2) is 5.03 Å². The highest BCUT2D eigenvalue weighted by Crippen LogP contribution is 2.02. The molecule has 1 rings (SSSR count). The summed E-state index contributed by atoms with van der Waals surface area (Å²) in [6.07, 6.45) is 1.48. The summed E-state index contributed by atoms with van der Waals surface area (Å²) in [4.78, 5) is 10.2. The summed E-state index contributed by atoms with van der Waals surface area (Å²) < 4.78 is 0. The average Bonchev–Trinajstić information content (AvgIpc) is 2.15. The number of hydrogen-bond donors (Lipinski definition) is 0. The Kier molecular flexibility index (Phi) is 2.82. The van der Waals surface area contributed by atoms with E-state index in [1.54, 1.807) is 24.3 Å². The summed E-state index contributed by atoms with van der Waals surface area (Å²) in [6, 6.07) is 8.81. The van der Waals surface area contributed by atoms with E-state index in [2.05, 4.69) is 0 Å². The van der Waals surface area contributed by atoms with Crippen LogP contribution in [0.2, 0.25) is 0 Å². The van der Waals surface area contributed by atoms with Gasteiger partial charge in [-0.25, -0.2) is 10.1 Å². The molecular weight excluding hydrogens is 170 g/mol. The molecule has 0 radical (unpaired) electrons. The largest absolute Gasteiger partial charge is 0.245 e. The van der Waals surface area contributed by atoms with Gasteiger partial charge in [-0.15, -0.1) is 0 Å². The average molecular weight is 177 g/mol. The Hall–Kier alpha value is -2.09. The minimum Gasteiger partial charge on any atom is -0.234 e. The lowest BCUT2D eigenvalue weighted by Gasteiger charge is -2.03. The van der Waals surface area contributed by atoms with Crippen molar-refractivity contribution >= 4 is 0 Å². The third-order valence-corrected chi connectivity index (χ3v) is 1.49. The number of hydrogen-bond acceptors (Lipinski definition) is 3. The first-order valence-electron chi connectivity index (χ1n) is 3.59. The van der Waals surface area contributed by atoms with Crippen molar-refractivity contribution in [2.45, 2.75) is 6.54 Å². The molecule has 5 heteroatoms. The lowest BCUT2D eigenvalue weighted by atomic mass is 10.2. The topological polar surface area (TPSA) is 70.2 Å². The first-order valence-corrected chi connectivity index (χ1v) is 3.59. The maximum atomic E-state index is 10.2. The van der Waals surface area contributed by atoms with Gasteiger partial charge in [0, 0.05) is 0 Å². The second-order valence-electron chi connectivity index (χ2n) is 2.38. The van der Waals surface area contributed by atoms with Crippen molar-refractivity contribution in [3.63, 3.8) is 0 Å². The monoisotopic (exact) mass is 177 g/mol. The molecule has 0 amide bonds. The van der Waals surface area contributed by atoms with E-state index in [1.165, 1.54) is 6.19 Å². The van der Waals surface area contributed by atoms with Gasteiger partial charge in [0.05, 0.1) is 0 Å². The second kappa shape index (κ2) is 4.07. The molecule has 0 saturated heterocycles. The van der Waals surface area contributed by atoms with Crippen molar-refractivity contribution in [3.8, 4) is 6.19 Å². The highest BCUT2D eigenvalue weighted by Gasteiger charge is 2.12. The fourth-order valence-corrected chi connectivity index (χ4v) is 0.886. The van der Waals surface area contributed by atoms with Crippen LogP contribution < -0.4 is 0 Å². The Bertz CT molecular complexity index is 331. The molecular formula is C8H7N3O2. The Balaban J connectivity index is 2.69. The summed E-state index contributed by atoms with van der Waals surface area (Å²) in [5, 5.41) is 18.4. The van der Waals surface area contributed by atoms with Crippen LogP contribution in [0.5, 0.6) is 0 Å². The zero-order valence-corrected chi connectivity index (χ0v) is 6.75. The van der Waals surface area contributed by atoms with Gasteiger partial charge in [0.2, 0.25) is 6.19 Å². The first kappa shape index (κ1) is 9.00.